The van der Waals surface area contributed by atoms with Crippen molar-refractivity contribution in [1.82, 2.24) is 14.9 Å². The molecular weight excluding hydrogens is 558 g/mol. The lowest BCUT2D eigenvalue weighted by Gasteiger charge is -2.16. The summed E-state index contributed by atoms with van der Waals surface area (Å²) in [6.45, 7) is 17.4. The van der Waals surface area contributed by atoms with Crippen LogP contribution >= 0.6 is 11.3 Å². The number of thiophene rings is 1. The quantitative estimate of drug-likeness (QED) is 0.321. The third kappa shape index (κ3) is 11.4. The van der Waals surface area contributed by atoms with E-state index in [0.717, 1.165) is 42.7 Å². The van der Waals surface area contributed by atoms with Crippen molar-refractivity contribution in [2.24, 2.45) is 24.5 Å². The second kappa shape index (κ2) is 15.8. The van der Waals surface area contributed by atoms with Crippen LogP contribution in [-0.2, 0) is 41.5 Å². The maximum Gasteiger partial charge on any atom is 0.348 e. The molecule has 3 aromatic rings. The van der Waals surface area contributed by atoms with E-state index in [0.29, 0.717) is 10.4 Å². The lowest BCUT2D eigenvalue weighted by molar-refractivity contribution is -0.732. The van der Waals surface area contributed by atoms with Crippen molar-refractivity contribution in [1.29, 1.82) is 0 Å². The second-order valence-electron chi connectivity index (χ2n) is 10.8. The molecule has 0 fully saturated rings. The lowest BCUT2D eigenvalue weighted by Crippen LogP contribution is -2.32. The van der Waals surface area contributed by atoms with Gasteiger partial charge in [0.05, 0.1) is 29.9 Å². The van der Waals surface area contributed by atoms with Crippen LogP contribution in [0.5, 0.6) is 0 Å². The highest BCUT2D eigenvalue weighted by molar-refractivity contribution is 7.90. The van der Waals surface area contributed by atoms with Gasteiger partial charge in [0, 0.05) is 48.5 Å². The van der Waals surface area contributed by atoms with Crippen LogP contribution in [0.15, 0.2) is 39.6 Å². The zero-order chi connectivity index (χ0) is 31.5. The molecule has 4 heterocycles. The van der Waals surface area contributed by atoms with E-state index in [-0.39, 0.29) is 10.3 Å². The summed E-state index contributed by atoms with van der Waals surface area (Å²) in [7, 11) is 2.01. The molecule has 4 rings (SSSR count). The molecule has 41 heavy (non-hydrogen) atoms. The van der Waals surface area contributed by atoms with E-state index in [2.05, 4.69) is 85.8 Å². The SMILES string of the molecule is CC(C)(C)C1=NCC=C1.CCc1cc(C)[n+](C)[nH]1.CCc1cc(C)nn1C.COC(=O)c1scc(S(C)(=O)=O)c1C. The van der Waals surface area contributed by atoms with Gasteiger partial charge in [0.1, 0.15) is 4.88 Å². The molecule has 0 saturated carbocycles. The van der Waals surface area contributed by atoms with E-state index in [1.54, 1.807) is 6.92 Å². The molecule has 3 aromatic heterocycles. The molecule has 0 bridgehead atoms. The molecule has 228 valence electrons. The van der Waals surface area contributed by atoms with E-state index in [1.807, 2.05) is 30.4 Å². The van der Waals surface area contributed by atoms with Crippen LogP contribution in [0.1, 0.15) is 72.6 Å². The first-order chi connectivity index (χ1) is 19.0. The monoisotopic (exact) mass is 606 g/mol. The summed E-state index contributed by atoms with van der Waals surface area (Å²) in [6.07, 6.45) is 7.47. The predicted molar refractivity (Wildman–Crippen MR) is 168 cm³/mol. The van der Waals surface area contributed by atoms with Gasteiger partial charge in [-0.15, -0.1) is 16.0 Å². The highest BCUT2D eigenvalue weighted by atomic mass is 32.2. The Morgan fingerprint density at radius 3 is 2.07 bits per heavy atom. The zero-order valence-electron chi connectivity index (χ0n) is 26.7. The average Bonchev–Trinajstić information content (AvgIpc) is 3.67. The molecule has 0 amide bonds. The van der Waals surface area contributed by atoms with E-state index in [9.17, 15) is 13.2 Å². The number of sulfone groups is 1. The van der Waals surface area contributed by atoms with Gasteiger partial charge in [0.2, 0.25) is 5.69 Å². The Kier molecular flexibility index (Phi) is 13.9. The number of ether oxygens (including phenoxy) is 1. The van der Waals surface area contributed by atoms with Gasteiger partial charge in [-0.25, -0.2) is 13.2 Å². The molecule has 0 aromatic carbocycles. The van der Waals surface area contributed by atoms with Gasteiger partial charge in [-0.05, 0) is 44.4 Å². The third-order valence-electron chi connectivity index (χ3n) is 6.24. The van der Waals surface area contributed by atoms with Crippen molar-refractivity contribution in [2.75, 3.05) is 19.9 Å². The summed E-state index contributed by atoms with van der Waals surface area (Å²) in [4.78, 5) is 16.0. The Bertz CT molecular complexity index is 1430. The number of carbonyl (C=O) groups is 1. The van der Waals surface area contributed by atoms with Gasteiger partial charge in [-0.3, -0.25) is 9.67 Å². The Hall–Kier alpha value is -3.05. The number of methoxy groups -OCH3 is 1. The number of aryl methyl sites for hydroxylation is 6. The van der Waals surface area contributed by atoms with Gasteiger partial charge in [0.15, 0.2) is 16.9 Å². The van der Waals surface area contributed by atoms with Crippen molar-refractivity contribution in [3.05, 3.63) is 62.9 Å². The molecule has 0 aliphatic carbocycles. The van der Waals surface area contributed by atoms with Gasteiger partial charge < -0.3 is 4.74 Å². The Morgan fingerprint density at radius 2 is 1.80 bits per heavy atom. The number of allylic oxidation sites excluding steroid dienone is 1. The Morgan fingerprint density at radius 1 is 1.17 bits per heavy atom. The van der Waals surface area contributed by atoms with Crippen LogP contribution in [0.3, 0.4) is 0 Å². The summed E-state index contributed by atoms with van der Waals surface area (Å²) < 4.78 is 30.9. The van der Waals surface area contributed by atoms with Crippen molar-refractivity contribution in [2.45, 2.75) is 73.1 Å². The Balaban J connectivity index is 0.000000279. The number of aromatic amines is 1. The van der Waals surface area contributed by atoms with E-state index in [1.165, 1.54) is 35.3 Å². The number of nitrogens with one attached hydrogen (secondary N) is 1. The van der Waals surface area contributed by atoms with Gasteiger partial charge in [-0.2, -0.15) is 10.2 Å². The van der Waals surface area contributed by atoms with E-state index >= 15 is 0 Å². The molecule has 0 saturated heterocycles. The first-order valence-corrected chi connectivity index (χ1v) is 16.3. The summed E-state index contributed by atoms with van der Waals surface area (Å²) in [5.74, 6) is -0.498. The molecule has 0 spiro atoms. The molecule has 0 atom stereocenters. The smallest absolute Gasteiger partial charge is 0.348 e. The summed E-state index contributed by atoms with van der Waals surface area (Å²) in [5.41, 5.74) is 6.92. The maximum atomic E-state index is 11.2. The molecule has 1 N–H and O–H groups in total. The summed E-state index contributed by atoms with van der Waals surface area (Å²) >= 11 is 1.08. The maximum absolute atomic E-state index is 11.2. The van der Waals surface area contributed by atoms with Crippen LogP contribution < -0.4 is 4.68 Å². The van der Waals surface area contributed by atoms with Crippen molar-refractivity contribution in [3.63, 3.8) is 0 Å². The number of aromatic nitrogens is 4. The van der Waals surface area contributed by atoms with Crippen molar-refractivity contribution >= 4 is 32.9 Å². The van der Waals surface area contributed by atoms with Gasteiger partial charge in [0.25, 0.3) is 0 Å². The highest BCUT2D eigenvalue weighted by Gasteiger charge is 2.20. The number of esters is 1. The Labute approximate surface area is 250 Å². The number of H-pyrrole nitrogens is 1. The van der Waals surface area contributed by atoms with Crippen LogP contribution in [0.4, 0.5) is 0 Å². The molecule has 0 unspecified atom stereocenters. The minimum Gasteiger partial charge on any atom is -0.465 e. The predicted octanol–water partition coefficient (Wildman–Crippen LogP) is 5.29. The largest absolute Gasteiger partial charge is 0.465 e. The van der Waals surface area contributed by atoms with Crippen LogP contribution in [0, 0.1) is 26.2 Å². The number of hydrogen-bond acceptors (Lipinski definition) is 7. The lowest BCUT2D eigenvalue weighted by atomic mass is 9.90. The van der Waals surface area contributed by atoms with Gasteiger partial charge >= 0.3 is 5.97 Å². The number of rotatable bonds is 4. The molecule has 1 aliphatic rings. The number of carbonyl (C=O) groups excluding carboxylic acids is 1. The first-order valence-electron chi connectivity index (χ1n) is 13.6. The first kappa shape index (κ1) is 36.0. The molecule has 1 aliphatic heterocycles. The molecule has 11 heteroatoms. The van der Waals surface area contributed by atoms with Crippen molar-refractivity contribution in [3.8, 4) is 0 Å². The standard InChI is InChI=1S/C8H13N.C8H10O4S2.2C7H12N2/c1-8(2,3)7-5-4-6-9-7;1-5-6(14(3,10)11)4-13-7(5)8(9)12-2;1-4-7-5-6(2)9(3)8-7;1-4-7-5-6(2)8-9(7)3/h4-5H,6H2,1-3H3;4H,1-3H3;2*5H,4H2,1-3H3/p+1. The summed E-state index contributed by atoms with van der Waals surface area (Å²) in [6, 6.07) is 4.28. The number of nitrogens with zero attached hydrogens (tertiary/aromatic N) is 4. The fourth-order valence-corrected chi connectivity index (χ4v) is 6.21. The minimum absolute atomic E-state index is 0.197. The van der Waals surface area contributed by atoms with Gasteiger partial charge in [-0.1, -0.05) is 40.7 Å². The molecular formula is C30H48N5O4S2+. The van der Waals surface area contributed by atoms with Crippen molar-refractivity contribution < 1.29 is 22.6 Å². The topological polar surface area (TPSA) is 110 Å². The third-order valence-corrected chi connectivity index (χ3v) is 8.68. The van der Waals surface area contributed by atoms with Crippen LogP contribution in [0.2, 0.25) is 0 Å². The zero-order valence-corrected chi connectivity index (χ0v) is 28.4. The van der Waals surface area contributed by atoms with E-state index < -0.39 is 15.8 Å². The second-order valence-corrected chi connectivity index (χ2v) is 13.6. The average molecular weight is 607 g/mol. The minimum atomic E-state index is -3.25. The number of aliphatic imine (C=N–C) groups is 1. The fourth-order valence-electron chi connectivity index (χ4n) is 3.78. The highest BCUT2D eigenvalue weighted by Crippen LogP contribution is 2.26. The number of hydrogen-bond donors (Lipinski definition) is 1. The van der Waals surface area contributed by atoms with Crippen LogP contribution in [-0.4, -0.2) is 54.9 Å². The normalized spacial score (nSPS) is 12.3. The van der Waals surface area contributed by atoms with Crippen LogP contribution in [0.25, 0.3) is 0 Å². The van der Waals surface area contributed by atoms with E-state index in [4.69, 9.17) is 0 Å². The summed E-state index contributed by atoms with van der Waals surface area (Å²) in [5, 5.41) is 8.86. The molecule has 0 radical (unpaired) electrons. The fraction of sp³-hybridized carbons (Fsp3) is 0.533. The molecule has 9 nitrogen and oxygen atoms in total.